The average Bonchev–Trinajstić information content (AvgIpc) is 2.72. The van der Waals surface area contributed by atoms with Crippen LogP contribution in [0.5, 0.6) is 0 Å². The molecule has 0 spiro atoms. The van der Waals surface area contributed by atoms with Gasteiger partial charge in [0.05, 0.1) is 5.69 Å². The summed E-state index contributed by atoms with van der Waals surface area (Å²) in [6, 6.07) is 2.81. The Morgan fingerprint density at radius 3 is 2.65 bits per heavy atom. The zero-order chi connectivity index (χ0) is 12.3. The van der Waals surface area contributed by atoms with Crippen molar-refractivity contribution in [3.05, 3.63) is 18.0 Å². The number of aromatic nitrogens is 2. The molecule has 1 fully saturated rings. The van der Waals surface area contributed by atoms with Gasteiger partial charge in [-0.05, 0) is 44.1 Å². The van der Waals surface area contributed by atoms with E-state index in [1.807, 2.05) is 6.20 Å². The van der Waals surface area contributed by atoms with Gasteiger partial charge in [0, 0.05) is 25.3 Å². The second-order valence-electron chi connectivity index (χ2n) is 5.63. The number of aryl methyl sites for hydroxylation is 1. The van der Waals surface area contributed by atoms with Crippen LogP contribution in [0, 0.1) is 11.8 Å². The summed E-state index contributed by atoms with van der Waals surface area (Å²) in [5.74, 6) is 1.74. The molecule has 2 atom stereocenters. The van der Waals surface area contributed by atoms with Crippen molar-refractivity contribution in [2.75, 3.05) is 0 Å². The van der Waals surface area contributed by atoms with E-state index < -0.39 is 0 Å². The van der Waals surface area contributed by atoms with E-state index in [0.717, 1.165) is 24.9 Å². The maximum atomic E-state index is 4.30. The summed E-state index contributed by atoms with van der Waals surface area (Å²) in [4.78, 5) is 0. The lowest BCUT2D eigenvalue weighted by atomic mass is 9.80. The smallest absolute Gasteiger partial charge is 0.0522 e. The van der Waals surface area contributed by atoms with Crippen molar-refractivity contribution in [1.82, 2.24) is 15.1 Å². The molecule has 1 saturated carbocycles. The first-order valence-corrected chi connectivity index (χ1v) is 6.93. The summed E-state index contributed by atoms with van der Waals surface area (Å²) in [5, 5.41) is 8.00. The summed E-state index contributed by atoms with van der Waals surface area (Å²) in [7, 11) is 0. The fourth-order valence-corrected chi connectivity index (χ4v) is 3.16. The van der Waals surface area contributed by atoms with Gasteiger partial charge in [0.2, 0.25) is 0 Å². The molecule has 0 saturated heterocycles. The van der Waals surface area contributed by atoms with Gasteiger partial charge in [-0.3, -0.25) is 4.68 Å². The minimum absolute atomic E-state index is 0.689. The molecule has 0 aliphatic heterocycles. The van der Waals surface area contributed by atoms with E-state index in [2.05, 4.69) is 41.9 Å². The van der Waals surface area contributed by atoms with Gasteiger partial charge in [-0.1, -0.05) is 13.8 Å². The van der Waals surface area contributed by atoms with E-state index in [9.17, 15) is 0 Å². The first-order valence-electron chi connectivity index (χ1n) is 6.93. The molecule has 1 aliphatic rings. The highest BCUT2D eigenvalue weighted by Crippen LogP contribution is 2.28. The van der Waals surface area contributed by atoms with Gasteiger partial charge in [-0.2, -0.15) is 5.10 Å². The fourth-order valence-electron chi connectivity index (χ4n) is 3.16. The predicted octanol–water partition coefficient (Wildman–Crippen LogP) is 2.82. The molecule has 17 heavy (non-hydrogen) atoms. The SMILES string of the molecule is CCn1nccc1CNC1CC(C)CC(C)C1. The second-order valence-corrected chi connectivity index (χ2v) is 5.63. The summed E-state index contributed by atoms with van der Waals surface area (Å²) in [5.41, 5.74) is 1.30. The molecular weight excluding hydrogens is 210 g/mol. The standard InChI is InChI=1S/C14H25N3/c1-4-17-14(5-6-16-17)10-15-13-8-11(2)7-12(3)9-13/h5-6,11-13,15H,4,7-10H2,1-3H3. The largest absolute Gasteiger partial charge is 0.308 e. The quantitative estimate of drug-likeness (QED) is 0.869. The minimum atomic E-state index is 0.689. The Bertz CT molecular complexity index is 335. The minimum Gasteiger partial charge on any atom is -0.308 e. The maximum Gasteiger partial charge on any atom is 0.0522 e. The van der Waals surface area contributed by atoms with Crippen molar-refractivity contribution >= 4 is 0 Å². The molecule has 1 N–H and O–H groups in total. The summed E-state index contributed by atoms with van der Waals surface area (Å²) in [6.07, 6.45) is 5.94. The molecule has 3 heteroatoms. The van der Waals surface area contributed by atoms with Crippen LogP contribution in [0.25, 0.3) is 0 Å². The van der Waals surface area contributed by atoms with E-state index >= 15 is 0 Å². The van der Waals surface area contributed by atoms with Crippen LogP contribution in [0.4, 0.5) is 0 Å². The molecule has 2 rings (SSSR count). The zero-order valence-electron chi connectivity index (χ0n) is 11.3. The lowest BCUT2D eigenvalue weighted by Crippen LogP contribution is -2.36. The van der Waals surface area contributed by atoms with Crippen molar-refractivity contribution in [2.45, 2.75) is 59.2 Å². The summed E-state index contributed by atoms with van der Waals surface area (Å²) >= 11 is 0. The Kier molecular flexibility index (Phi) is 4.21. The molecule has 1 heterocycles. The van der Waals surface area contributed by atoms with Gasteiger partial charge < -0.3 is 5.32 Å². The first-order chi connectivity index (χ1) is 8.19. The van der Waals surface area contributed by atoms with Crippen molar-refractivity contribution in [2.24, 2.45) is 11.8 Å². The van der Waals surface area contributed by atoms with Crippen LogP contribution < -0.4 is 5.32 Å². The third kappa shape index (κ3) is 3.32. The van der Waals surface area contributed by atoms with Crippen molar-refractivity contribution in [1.29, 1.82) is 0 Å². The molecule has 0 radical (unpaired) electrons. The highest BCUT2D eigenvalue weighted by molar-refractivity contribution is 5.00. The van der Waals surface area contributed by atoms with Gasteiger partial charge in [-0.15, -0.1) is 0 Å². The third-order valence-electron chi connectivity index (χ3n) is 3.85. The van der Waals surface area contributed by atoms with Gasteiger partial charge >= 0.3 is 0 Å². The number of nitrogens with zero attached hydrogens (tertiary/aromatic N) is 2. The Morgan fingerprint density at radius 2 is 2.00 bits per heavy atom. The number of nitrogens with one attached hydrogen (secondary N) is 1. The van der Waals surface area contributed by atoms with Gasteiger partial charge in [-0.25, -0.2) is 0 Å². The first kappa shape index (κ1) is 12.6. The van der Waals surface area contributed by atoms with Crippen LogP contribution in [0.2, 0.25) is 0 Å². The molecule has 3 nitrogen and oxygen atoms in total. The lowest BCUT2D eigenvalue weighted by molar-refractivity contribution is 0.237. The van der Waals surface area contributed by atoms with Crippen LogP contribution in [-0.2, 0) is 13.1 Å². The predicted molar refractivity (Wildman–Crippen MR) is 70.7 cm³/mol. The van der Waals surface area contributed by atoms with Gasteiger partial charge in [0.15, 0.2) is 0 Å². The van der Waals surface area contributed by atoms with E-state index in [0.29, 0.717) is 6.04 Å². The number of hydrogen-bond acceptors (Lipinski definition) is 2. The number of hydrogen-bond donors (Lipinski definition) is 1. The molecule has 1 aromatic rings. The Hall–Kier alpha value is -0.830. The van der Waals surface area contributed by atoms with Gasteiger partial charge in [0.25, 0.3) is 0 Å². The van der Waals surface area contributed by atoms with Crippen LogP contribution in [0.1, 0.15) is 45.7 Å². The Balaban J connectivity index is 1.85. The molecule has 2 unspecified atom stereocenters. The highest BCUT2D eigenvalue weighted by Gasteiger charge is 2.23. The van der Waals surface area contributed by atoms with E-state index in [-0.39, 0.29) is 0 Å². The van der Waals surface area contributed by atoms with Crippen LogP contribution in [-0.4, -0.2) is 15.8 Å². The molecule has 0 aromatic carbocycles. The molecule has 0 amide bonds. The van der Waals surface area contributed by atoms with Crippen LogP contribution in [0.15, 0.2) is 12.3 Å². The third-order valence-corrected chi connectivity index (χ3v) is 3.85. The van der Waals surface area contributed by atoms with Crippen molar-refractivity contribution in [3.8, 4) is 0 Å². The molecular formula is C14H25N3. The fraction of sp³-hybridized carbons (Fsp3) is 0.786. The monoisotopic (exact) mass is 235 g/mol. The number of rotatable bonds is 4. The molecule has 1 aliphatic carbocycles. The Morgan fingerprint density at radius 1 is 1.29 bits per heavy atom. The lowest BCUT2D eigenvalue weighted by Gasteiger charge is -2.32. The van der Waals surface area contributed by atoms with E-state index in [1.54, 1.807) is 0 Å². The Labute approximate surface area is 105 Å². The molecule has 96 valence electrons. The summed E-state index contributed by atoms with van der Waals surface area (Å²) in [6.45, 7) is 8.81. The van der Waals surface area contributed by atoms with E-state index in [1.165, 1.54) is 25.0 Å². The average molecular weight is 235 g/mol. The molecule has 0 bridgehead atoms. The van der Waals surface area contributed by atoms with Gasteiger partial charge in [0.1, 0.15) is 0 Å². The zero-order valence-corrected chi connectivity index (χ0v) is 11.3. The summed E-state index contributed by atoms with van der Waals surface area (Å²) < 4.78 is 2.07. The molecule has 1 aromatic heterocycles. The van der Waals surface area contributed by atoms with Crippen molar-refractivity contribution < 1.29 is 0 Å². The van der Waals surface area contributed by atoms with Crippen LogP contribution >= 0.6 is 0 Å². The second kappa shape index (κ2) is 5.67. The normalized spacial score (nSPS) is 29.5. The van der Waals surface area contributed by atoms with Crippen LogP contribution in [0.3, 0.4) is 0 Å². The van der Waals surface area contributed by atoms with E-state index in [4.69, 9.17) is 0 Å². The maximum absolute atomic E-state index is 4.30. The van der Waals surface area contributed by atoms with Crippen molar-refractivity contribution in [3.63, 3.8) is 0 Å². The topological polar surface area (TPSA) is 29.9 Å². The highest BCUT2D eigenvalue weighted by atomic mass is 15.3.